The molecule has 1 heterocycles. The summed E-state index contributed by atoms with van der Waals surface area (Å²) in [6.45, 7) is 5.41. The van der Waals surface area contributed by atoms with Gasteiger partial charge in [-0.15, -0.1) is 0 Å². The molecule has 0 bridgehead atoms. The summed E-state index contributed by atoms with van der Waals surface area (Å²) in [7, 11) is 1.58. The second-order valence-electron chi connectivity index (χ2n) is 6.89. The van der Waals surface area contributed by atoms with Crippen LogP contribution in [0.25, 0.3) is 0 Å². The lowest BCUT2D eigenvalue weighted by molar-refractivity contribution is -0.134. The highest BCUT2D eigenvalue weighted by Gasteiger charge is 2.25. The molecule has 1 aliphatic heterocycles. The van der Waals surface area contributed by atoms with Crippen LogP contribution in [0.5, 0.6) is 5.75 Å². The molecule has 0 aromatic heterocycles. The van der Waals surface area contributed by atoms with Crippen LogP contribution in [-0.4, -0.2) is 73.4 Å². The number of piperazine rings is 1. The number of methoxy groups -OCH3 is 1. The Labute approximate surface area is 159 Å². The summed E-state index contributed by atoms with van der Waals surface area (Å²) in [6, 6.07) is 6.32. The summed E-state index contributed by atoms with van der Waals surface area (Å²) < 4.78 is 5.10. The van der Waals surface area contributed by atoms with Crippen LogP contribution in [0.2, 0.25) is 0 Å². The molecule has 0 aliphatic carbocycles. The number of hydrogen-bond donors (Lipinski definition) is 2. The van der Waals surface area contributed by atoms with Crippen molar-refractivity contribution < 1.29 is 19.1 Å². The molecule has 1 saturated heterocycles. The molecule has 2 rings (SSSR count). The predicted molar refractivity (Wildman–Crippen MR) is 101 cm³/mol. The van der Waals surface area contributed by atoms with Crippen molar-refractivity contribution in [3.8, 4) is 5.75 Å². The third kappa shape index (κ3) is 5.43. The Morgan fingerprint density at radius 3 is 2.15 bits per heavy atom. The Balaban J connectivity index is 1.81. The average molecular weight is 376 g/mol. The highest BCUT2D eigenvalue weighted by atomic mass is 16.5. The second-order valence-corrected chi connectivity index (χ2v) is 6.89. The topological polar surface area (TPSA) is 105 Å². The molecular weight excluding hydrogens is 348 g/mol. The molecule has 0 spiro atoms. The Kier molecular flexibility index (Phi) is 7.18. The van der Waals surface area contributed by atoms with Crippen LogP contribution >= 0.6 is 0 Å². The molecule has 1 aromatic carbocycles. The van der Waals surface area contributed by atoms with Gasteiger partial charge in [0.15, 0.2) is 0 Å². The van der Waals surface area contributed by atoms with Crippen molar-refractivity contribution in [3.05, 3.63) is 29.8 Å². The summed E-state index contributed by atoms with van der Waals surface area (Å²) in [5, 5.41) is 2.58. The smallest absolute Gasteiger partial charge is 0.253 e. The highest BCUT2D eigenvalue weighted by molar-refractivity contribution is 5.94. The van der Waals surface area contributed by atoms with Crippen LogP contribution in [-0.2, 0) is 9.59 Å². The van der Waals surface area contributed by atoms with E-state index in [4.69, 9.17) is 10.5 Å². The number of nitrogens with zero attached hydrogens (tertiary/aromatic N) is 2. The van der Waals surface area contributed by atoms with E-state index >= 15 is 0 Å². The summed E-state index contributed by atoms with van der Waals surface area (Å²) in [5.74, 6) is 0.136. The van der Waals surface area contributed by atoms with Crippen molar-refractivity contribution in [2.75, 3.05) is 39.8 Å². The minimum absolute atomic E-state index is 0.00705. The zero-order chi connectivity index (χ0) is 20.0. The SMILES string of the molecule is COc1ccc(C(=O)N2CCN(C(=O)CNC(=O)[C@@H](N)C(C)C)CC2)cc1. The van der Waals surface area contributed by atoms with Gasteiger partial charge in [-0.05, 0) is 30.2 Å². The van der Waals surface area contributed by atoms with E-state index in [0.29, 0.717) is 37.5 Å². The van der Waals surface area contributed by atoms with Crippen LogP contribution in [0.1, 0.15) is 24.2 Å². The van der Waals surface area contributed by atoms with Crippen LogP contribution in [0, 0.1) is 5.92 Å². The molecule has 1 aliphatic rings. The van der Waals surface area contributed by atoms with E-state index in [2.05, 4.69) is 5.32 Å². The average Bonchev–Trinajstić information content (AvgIpc) is 2.70. The number of nitrogens with two attached hydrogens (primary N) is 1. The standard InChI is InChI=1S/C19H28N4O4/c1-13(2)17(20)18(25)21-12-16(24)22-8-10-23(11-9-22)19(26)14-4-6-15(27-3)7-5-14/h4-7,13,17H,8-12,20H2,1-3H3,(H,21,25)/t17-/m0/s1. The van der Waals surface area contributed by atoms with Gasteiger partial charge in [0.05, 0.1) is 19.7 Å². The maximum Gasteiger partial charge on any atom is 0.253 e. The molecule has 0 unspecified atom stereocenters. The number of amides is 3. The fourth-order valence-electron chi connectivity index (χ4n) is 2.77. The van der Waals surface area contributed by atoms with Gasteiger partial charge in [-0.25, -0.2) is 0 Å². The molecule has 0 saturated carbocycles. The fourth-order valence-corrected chi connectivity index (χ4v) is 2.77. The first-order valence-electron chi connectivity index (χ1n) is 9.08. The third-order valence-corrected chi connectivity index (χ3v) is 4.69. The van der Waals surface area contributed by atoms with E-state index in [1.807, 2.05) is 13.8 Å². The number of carbonyl (C=O) groups is 3. The van der Waals surface area contributed by atoms with Gasteiger partial charge in [0.1, 0.15) is 5.75 Å². The summed E-state index contributed by atoms with van der Waals surface area (Å²) in [6.07, 6.45) is 0. The van der Waals surface area contributed by atoms with E-state index < -0.39 is 6.04 Å². The third-order valence-electron chi connectivity index (χ3n) is 4.69. The van der Waals surface area contributed by atoms with Gasteiger partial charge >= 0.3 is 0 Å². The van der Waals surface area contributed by atoms with Gasteiger partial charge < -0.3 is 25.6 Å². The number of rotatable bonds is 6. The van der Waals surface area contributed by atoms with E-state index in [-0.39, 0.29) is 30.2 Å². The Morgan fingerprint density at radius 1 is 1.07 bits per heavy atom. The van der Waals surface area contributed by atoms with Crippen LogP contribution in [0.4, 0.5) is 0 Å². The van der Waals surface area contributed by atoms with Crippen molar-refractivity contribution >= 4 is 17.7 Å². The fraction of sp³-hybridized carbons (Fsp3) is 0.526. The van der Waals surface area contributed by atoms with Crippen molar-refractivity contribution in [2.45, 2.75) is 19.9 Å². The molecule has 3 amide bonds. The lowest BCUT2D eigenvalue weighted by Crippen LogP contribution is -2.53. The Bertz CT molecular complexity index is 667. The summed E-state index contributed by atoms with van der Waals surface area (Å²) in [4.78, 5) is 40.0. The minimum Gasteiger partial charge on any atom is -0.497 e. The molecule has 1 atom stereocenters. The van der Waals surface area contributed by atoms with Gasteiger partial charge in [0, 0.05) is 31.7 Å². The van der Waals surface area contributed by atoms with Gasteiger partial charge in [-0.1, -0.05) is 13.8 Å². The number of hydrogen-bond acceptors (Lipinski definition) is 5. The maximum absolute atomic E-state index is 12.5. The Hall–Kier alpha value is -2.61. The number of nitrogens with one attached hydrogen (secondary N) is 1. The van der Waals surface area contributed by atoms with Gasteiger partial charge in [-0.3, -0.25) is 14.4 Å². The molecule has 1 aromatic rings. The zero-order valence-corrected chi connectivity index (χ0v) is 16.1. The molecule has 27 heavy (non-hydrogen) atoms. The van der Waals surface area contributed by atoms with E-state index in [1.165, 1.54) is 0 Å². The molecule has 0 radical (unpaired) electrons. The van der Waals surface area contributed by atoms with Crippen molar-refractivity contribution in [3.63, 3.8) is 0 Å². The van der Waals surface area contributed by atoms with Gasteiger partial charge in [0.25, 0.3) is 5.91 Å². The van der Waals surface area contributed by atoms with E-state index in [9.17, 15) is 14.4 Å². The summed E-state index contributed by atoms with van der Waals surface area (Å²) in [5.41, 5.74) is 6.35. The number of ether oxygens (including phenoxy) is 1. The van der Waals surface area contributed by atoms with Crippen LogP contribution < -0.4 is 15.8 Å². The second kappa shape index (κ2) is 9.36. The van der Waals surface area contributed by atoms with Crippen LogP contribution in [0.15, 0.2) is 24.3 Å². The van der Waals surface area contributed by atoms with Crippen molar-refractivity contribution in [1.82, 2.24) is 15.1 Å². The molecule has 148 valence electrons. The minimum atomic E-state index is -0.628. The van der Waals surface area contributed by atoms with Gasteiger partial charge in [-0.2, -0.15) is 0 Å². The predicted octanol–water partition coefficient (Wildman–Crippen LogP) is 0.0791. The molecule has 8 nitrogen and oxygen atoms in total. The first kappa shape index (κ1) is 20.7. The summed E-state index contributed by atoms with van der Waals surface area (Å²) >= 11 is 0. The first-order valence-corrected chi connectivity index (χ1v) is 9.08. The normalized spacial score (nSPS) is 15.4. The molecular formula is C19H28N4O4. The number of benzene rings is 1. The van der Waals surface area contributed by atoms with Crippen LogP contribution in [0.3, 0.4) is 0 Å². The highest BCUT2D eigenvalue weighted by Crippen LogP contribution is 2.14. The molecule has 3 N–H and O–H groups in total. The largest absolute Gasteiger partial charge is 0.497 e. The number of carbonyl (C=O) groups excluding carboxylic acids is 3. The quantitative estimate of drug-likeness (QED) is 0.732. The first-order chi connectivity index (χ1) is 12.8. The lowest BCUT2D eigenvalue weighted by atomic mass is 10.1. The van der Waals surface area contributed by atoms with E-state index in [1.54, 1.807) is 41.2 Å². The lowest BCUT2D eigenvalue weighted by Gasteiger charge is -2.35. The maximum atomic E-state index is 12.5. The molecule has 1 fully saturated rings. The molecule has 8 heteroatoms. The Morgan fingerprint density at radius 2 is 1.63 bits per heavy atom. The van der Waals surface area contributed by atoms with Crippen molar-refractivity contribution in [1.29, 1.82) is 0 Å². The van der Waals surface area contributed by atoms with E-state index in [0.717, 1.165) is 0 Å². The zero-order valence-electron chi connectivity index (χ0n) is 16.1. The van der Waals surface area contributed by atoms with Crippen molar-refractivity contribution in [2.24, 2.45) is 11.7 Å². The van der Waals surface area contributed by atoms with Gasteiger partial charge in [0.2, 0.25) is 11.8 Å². The monoisotopic (exact) mass is 376 g/mol.